The lowest BCUT2D eigenvalue weighted by Crippen LogP contribution is -2.36. The lowest BCUT2D eigenvalue weighted by atomic mass is 9.98. The van der Waals surface area contributed by atoms with Crippen LogP contribution in [0.4, 0.5) is 23.2 Å². The molecule has 0 radical (unpaired) electrons. The SMILES string of the molecule is O=C(Cc1cccc(C(F)(F)F)c1F)Nc1c(Cl)ccc2c1CCN(S(=O)(=O)c1ccccc1-c1ccccc1)C2. The van der Waals surface area contributed by atoms with Crippen molar-refractivity contribution in [1.29, 1.82) is 0 Å². The molecule has 1 aliphatic rings. The van der Waals surface area contributed by atoms with Gasteiger partial charge in [0.2, 0.25) is 15.9 Å². The Morgan fingerprint density at radius 2 is 1.63 bits per heavy atom. The molecule has 4 aromatic rings. The molecule has 1 amide bonds. The van der Waals surface area contributed by atoms with Gasteiger partial charge in [0, 0.05) is 18.7 Å². The van der Waals surface area contributed by atoms with Crippen LogP contribution in [-0.2, 0) is 40.4 Å². The van der Waals surface area contributed by atoms with Crippen molar-refractivity contribution in [3.8, 4) is 11.1 Å². The summed E-state index contributed by atoms with van der Waals surface area (Å²) in [6.45, 7) is 0.118. The van der Waals surface area contributed by atoms with Crippen molar-refractivity contribution >= 4 is 33.2 Å². The van der Waals surface area contributed by atoms with E-state index in [0.717, 1.165) is 17.7 Å². The van der Waals surface area contributed by atoms with Crippen LogP contribution in [0.1, 0.15) is 22.3 Å². The smallest absolute Gasteiger partial charge is 0.324 e. The van der Waals surface area contributed by atoms with E-state index in [4.69, 9.17) is 11.6 Å². The molecule has 0 bridgehead atoms. The van der Waals surface area contributed by atoms with Gasteiger partial charge in [0.1, 0.15) is 5.82 Å². The summed E-state index contributed by atoms with van der Waals surface area (Å²) in [6.07, 6.45) is -5.32. The molecule has 4 aromatic carbocycles. The van der Waals surface area contributed by atoms with E-state index in [0.29, 0.717) is 22.8 Å². The number of benzene rings is 4. The van der Waals surface area contributed by atoms with Crippen molar-refractivity contribution in [2.75, 3.05) is 11.9 Å². The van der Waals surface area contributed by atoms with Crippen LogP contribution in [-0.4, -0.2) is 25.2 Å². The maximum Gasteiger partial charge on any atom is 0.419 e. The number of alkyl halides is 3. The number of rotatable bonds is 6. The third-order valence-corrected chi connectivity index (χ3v) is 9.12. The summed E-state index contributed by atoms with van der Waals surface area (Å²) in [5.74, 6) is -2.27. The van der Waals surface area contributed by atoms with Crippen LogP contribution < -0.4 is 5.32 Å². The molecule has 41 heavy (non-hydrogen) atoms. The summed E-state index contributed by atoms with van der Waals surface area (Å²) in [5, 5.41) is 2.77. The number of hydrogen-bond donors (Lipinski definition) is 1. The van der Waals surface area contributed by atoms with Crippen LogP contribution in [0.2, 0.25) is 5.02 Å². The molecule has 1 N–H and O–H groups in total. The van der Waals surface area contributed by atoms with E-state index < -0.39 is 45.5 Å². The first-order chi connectivity index (χ1) is 19.5. The van der Waals surface area contributed by atoms with Gasteiger partial charge in [-0.3, -0.25) is 4.79 Å². The van der Waals surface area contributed by atoms with Crippen LogP contribution in [0.15, 0.2) is 89.8 Å². The molecule has 0 aliphatic carbocycles. The fourth-order valence-corrected chi connectivity index (χ4v) is 6.78. The monoisotopic (exact) mass is 602 g/mol. The van der Waals surface area contributed by atoms with Crippen LogP contribution in [0, 0.1) is 5.82 Å². The molecule has 0 saturated carbocycles. The minimum absolute atomic E-state index is 0.0170. The summed E-state index contributed by atoms with van der Waals surface area (Å²) < 4.78 is 82.6. The number of nitrogens with one attached hydrogen (secondary N) is 1. The molecule has 0 fully saturated rings. The molecular weight excluding hydrogens is 580 g/mol. The van der Waals surface area contributed by atoms with E-state index in [-0.39, 0.29) is 35.1 Å². The number of hydrogen-bond acceptors (Lipinski definition) is 3. The zero-order valence-corrected chi connectivity index (χ0v) is 23.0. The second-order valence-corrected chi connectivity index (χ2v) is 11.8. The van der Waals surface area contributed by atoms with E-state index in [1.165, 1.54) is 10.4 Å². The van der Waals surface area contributed by atoms with Gasteiger partial charge in [-0.05, 0) is 46.9 Å². The molecule has 1 aliphatic heterocycles. The first-order valence-electron chi connectivity index (χ1n) is 12.6. The highest BCUT2D eigenvalue weighted by Crippen LogP contribution is 2.37. The Morgan fingerprint density at radius 1 is 0.927 bits per heavy atom. The van der Waals surface area contributed by atoms with Gasteiger partial charge in [0.25, 0.3) is 0 Å². The maximum absolute atomic E-state index is 14.5. The minimum atomic E-state index is -4.90. The van der Waals surface area contributed by atoms with Gasteiger partial charge in [-0.15, -0.1) is 0 Å². The molecular formula is C30H23ClF4N2O3S. The number of carbonyl (C=O) groups excluding carboxylic acids is 1. The number of fused-ring (bicyclic) bond motifs is 1. The summed E-state index contributed by atoms with van der Waals surface area (Å²) in [7, 11) is -3.91. The largest absolute Gasteiger partial charge is 0.419 e. The zero-order chi connectivity index (χ0) is 29.4. The number of sulfonamides is 1. The molecule has 5 rings (SSSR count). The van der Waals surface area contributed by atoms with E-state index in [2.05, 4.69) is 5.32 Å². The fraction of sp³-hybridized carbons (Fsp3) is 0.167. The summed E-state index contributed by atoms with van der Waals surface area (Å²) in [5.41, 5.74) is 0.923. The summed E-state index contributed by atoms with van der Waals surface area (Å²) in [6, 6.07) is 21.9. The highest BCUT2D eigenvalue weighted by Gasteiger charge is 2.35. The van der Waals surface area contributed by atoms with Gasteiger partial charge in [-0.25, -0.2) is 12.8 Å². The first-order valence-corrected chi connectivity index (χ1v) is 14.4. The number of halogens is 5. The van der Waals surface area contributed by atoms with Crippen LogP contribution >= 0.6 is 11.6 Å². The Balaban J connectivity index is 1.39. The predicted molar refractivity (Wildman–Crippen MR) is 148 cm³/mol. The van der Waals surface area contributed by atoms with Gasteiger partial charge in [0.15, 0.2) is 0 Å². The molecule has 0 saturated heterocycles. The van der Waals surface area contributed by atoms with E-state index in [1.54, 1.807) is 30.3 Å². The molecule has 0 unspecified atom stereocenters. The van der Waals surface area contributed by atoms with Crippen molar-refractivity contribution in [3.05, 3.63) is 118 Å². The van der Waals surface area contributed by atoms with E-state index in [1.807, 2.05) is 30.3 Å². The number of amides is 1. The molecule has 0 atom stereocenters. The highest BCUT2D eigenvalue weighted by atomic mass is 35.5. The lowest BCUT2D eigenvalue weighted by Gasteiger charge is -2.30. The second-order valence-electron chi connectivity index (χ2n) is 9.51. The van der Waals surface area contributed by atoms with Gasteiger partial charge in [-0.1, -0.05) is 78.3 Å². The van der Waals surface area contributed by atoms with Gasteiger partial charge < -0.3 is 5.32 Å². The lowest BCUT2D eigenvalue weighted by molar-refractivity contribution is -0.140. The average molecular weight is 603 g/mol. The third kappa shape index (κ3) is 5.86. The Kier molecular flexibility index (Phi) is 7.91. The highest BCUT2D eigenvalue weighted by molar-refractivity contribution is 7.89. The normalized spacial score (nSPS) is 14.0. The Labute approximate surface area is 239 Å². The van der Waals surface area contributed by atoms with Crippen LogP contribution in [0.5, 0.6) is 0 Å². The van der Waals surface area contributed by atoms with Crippen molar-refractivity contribution in [2.45, 2.75) is 30.5 Å². The second kappa shape index (κ2) is 11.3. The molecule has 212 valence electrons. The van der Waals surface area contributed by atoms with Crippen molar-refractivity contribution in [3.63, 3.8) is 0 Å². The summed E-state index contributed by atoms with van der Waals surface area (Å²) >= 11 is 6.37. The van der Waals surface area contributed by atoms with Gasteiger partial charge in [0.05, 0.1) is 27.6 Å². The van der Waals surface area contributed by atoms with E-state index >= 15 is 0 Å². The zero-order valence-electron chi connectivity index (χ0n) is 21.4. The Bertz CT molecular complexity index is 1730. The first kappa shape index (κ1) is 28.8. The predicted octanol–water partition coefficient (Wildman–Crippen LogP) is 7.09. The number of carbonyl (C=O) groups is 1. The molecule has 0 spiro atoms. The van der Waals surface area contributed by atoms with Crippen molar-refractivity contribution < 1.29 is 30.8 Å². The summed E-state index contributed by atoms with van der Waals surface area (Å²) in [4.78, 5) is 13.0. The van der Waals surface area contributed by atoms with E-state index in [9.17, 15) is 30.8 Å². The van der Waals surface area contributed by atoms with Crippen molar-refractivity contribution in [1.82, 2.24) is 4.31 Å². The number of anilines is 1. The minimum Gasteiger partial charge on any atom is -0.324 e. The molecule has 0 aromatic heterocycles. The standard InChI is InChI=1S/C30H23ClF4N2O3S/c31-25-14-13-21-18-37(41(39,40)26-12-5-4-10-22(26)19-7-2-1-3-8-19)16-15-23(21)29(25)36-27(38)17-20-9-6-11-24(28(20)32)30(33,34)35/h1-14H,15-18H2,(H,36,38). The van der Waals surface area contributed by atoms with Crippen LogP contribution in [0.3, 0.4) is 0 Å². The molecule has 5 nitrogen and oxygen atoms in total. The van der Waals surface area contributed by atoms with Crippen molar-refractivity contribution in [2.24, 2.45) is 0 Å². The maximum atomic E-state index is 14.5. The Morgan fingerprint density at radius 3 is 2.37 bits per heavy atom. The van der Waals surface area contributed by atoms with Gasteiger partial charge in [-0.2, -0.15) is 17.5 Å². The average Bonchev–Trinajstić information content (AvgIpc) is 2.95. The quantitative estimate of drug-likeness (QED) is 0.240. The fourth-order valence-electron chi connectivity index (χ4n) is 4.92. The van der Waals surface area contributed by atoms with Crippen LogP contribution in [0.25, 0.3) is 11.1 Å². The van der Waals surface area contributed by atoms with Gasteiger partial charge >= 0.3 is 6.18 Å². The Hall–Kier alpha value is -3.73. The molecule has 11 heteroatoms. The number of nitrogens with zero attached hydrogens (tertiary/aromatic N) is 1. The topological polar surface area (TPSA) is 66.5 Å². The molecule has 1 heterocycles. The third-order valence-electron chi connectivity index (χ3n) is 6.91.